The minimum Gasteiger partial charge on any atom is -0.493 e. The van der Waals surface area contributed by atoms with Gasteiger partial charge in [-0.25, -0.2) is 9.59 Å². The van der Waals surface area contributed by atoms with Crippen LogP contribution in [0, 0.1) is 0 Å². The standard InChI is InChI=1S/C26H25NO5.C22H25NO5/c1-31-23-12-19-18(11-24(23)32-16-17-7-3-2-4-8-17)14-26(9-5-6-10-26)27-15-20(25(29)30)22(28)13-21(19)27;1-3-4-5-8-28-20-9-14-12-22(6-7-22)23-13-16(21(25)26)18(24)11-17(23)15(14)10-19(20)27-2/h2-4,7-8,11-13,15H,5-6,9-10,14,16H2,1H3,(H,29,30);9-11,13H,3-8,12H2,1-2H3,(H,25,26). The fourth-order valence-electron chi connectivity index (χ4n) is 9.27. The number of carbonyl (C=O) groups is 2. The van der Waals surface area contributed by atoms with Crippen molar-refractivity contribution in [2.45, 2.75) is 95.2 Å². The molecule has 0 amide bonds. The third-order valence-corrected chi connectivity index (χ3v) is 12.6. The third kappa shape index (κ3) is 7.55. The molecular weight excluding hydrogens is 765 g/mol. The molecule has 2 spiro atoms. The van der Waals surface area contributed by atoms with Crippen LogP contribution in [-0.4, -0.2) is 52.1 Å². The molecule has 60 heavy (non-hydrogen) atoms. The van der Waals surface area contributed by atoms with Gasteiger partial charge in [0, 0.05) is 46.7 Å². The first-order valence-corrected chi connectivity index (χ1v) is 20.7. The van der Waals surface area contributed by atoms with Crippen molar-refractivity contribution in [3.63, 3.8) is 0 Å². The third-order valence-electron chi connectivity index (χ3n) is 12.6. The van der Waals surface area contributed by atoms with Crippen molar-refractivity contribution in [1.82, 2.24) is 9.13 Å². The maximum absolute atomic E-state index is 12.6. The molecule has 2 aliphatic carbocycles. The fraction of sp³-hybridized carbons (Fsp3) is 0.375. The number of hydrogen-bond donors (Lipinski definition) is 2. The van der Waals surface area contributed by atoms with Crippen molar-refractivity contribution in [3.05, 3.63) is 127 Å². The molecule has 12 nitrogen and oxygen atoms in total. The number of nitrogens with zero attached hydrogens (tertiary/aromatic N) is 2. The zero-order chi connectivity index (χ0) is 42.2. The number of ether oxygens (including phenoxy) is 4. The molecule has 312 valence electrons. The summed E-state index contributed by atoms with van der Waals surface area (Å²) in [5, 5.41) is 18.9. The van der Waals surface area contributed by atoms with Crippen LogP contribution in [0.4, 0.5) is 0 Å². The van der Waals surface area contributed by atoms with Crippen molar-refractivity contribution >= 4 is 11.9 Å². The molecule has 0 bridgehead atoms. The first-order valence-electron chi connectivity index (χ1n) is 20.7. The molecule has 2 aromatic heterocycles. The Morgan fingerprint density at radius 2 is 1.15 bits per heavy atom. The molecule has 12 heteroatoms. The molecular formula is C48H50N2O10. The van der Waals surface area contributed by atoms with Crippen LogP contribution in [0.3, 0.4) is 0 Å². The Balaban J connectivity index is 0.000000168. The molecule has 0 saturated heterocycles. The first kappa shape index (κ1) is 40.5. The number of hydrogen-bond acceptors (Lipinski definition) is 8. The number of aromatic carboxylic acids is 2. The summed E-state index contributed by atoms with van der Waals surface area (Å²) in [6.07, 6.45) is 13.9. The van der Waals surface area contributed by atoms with Crippen molar-refractivity contribution in [3.8, 4) is 45.5 Å². The minimum atomic E-state index is -1.19. The highest BCUT2D eigenvalue weighted by Gasteiger charge is 2.48. The van der Waals surface area contributed by atoms with Crippen LogP contribution >= 0.6 is 0 Å². The Morgan fingerprint density at radius 3 is 1.62 bits per heavy atom. The molecule has 4 aliphatic rings. The molecule has 2 saturated carbocycles. The Hall–Kier alpha value is -6.30. The Bertz CT molecular complexity index is 2580. The zero-order valence-electron chi connectivity index (χ0n) is 34.3. The normalized spacial score (nSPS) is 15.7. The van der Waals surface area contributed by atoms with E-state index in [-0.39, 0.29) is 22.2 Å². The first-order chi connectivity index (χ1) is 29.0. The van der Waals surface area contributed by atoms with E-state index in [0.29, 0.717) is 30.5 Å². The van der Waals surface area contributed by atoms with Crippen LogP contribution in [-0.2, 0) is 30.5 Å². The lowest BCUT2D eigenvalue weighted by Crippen LogP contribution is -2.38. The summed E-state index contributed by atoms with van der Waals surface area (Å²) in [7, 11) is 3.20. The molecule has 0 unspecified atom stereocenters. The zero-order valence-corrected chi connectivity index (χ0v) is 34.3. The second kappa shape index (κ2) is 16.4. The van der Waals surface area contributed by atoms with Gasteiger partial charge < -0.3 is 38.3 Å². The molecule has 3 aromatic carbocycles. The summed E-state index contributed by atoms with van der Waals surface area (Å²) in [5.74, 6) is 0.237. The summed E-state index contributed by atoms with van der Waals surface area (Å²) in [6.45, 7) is 3.23. The van der Waals surface area contributed by atoms with Crippen LogP contribution in [0.2, 0.25) is 0 Å². The smallest absolute Gasteiger partial charge is 0.341 e. The van der Waals surface area contributed by atoms with E-state index in [1.54, 1.807) is 20.4 Å². The van der Waals surface area contributed by atoms with Crippen LogP contribution in [0.5, 0.6) is 23.0 Å². The van der Waals surface area contributed by atoms with Gasteiger partial charge in [0.2, 0.25) is 0 Å². The summed E-state index contributed by atoms with van der Waals surface area (Å²) in [6, 6.07) is 20.7. The van der Waals surface area contributed by atoms with Crippen molar-refractivity contribution < 1.29 is 38.7 Å². The van der Waals surface area contributed by atoms with E-state index in [1.165, 1.54) is 18.3 Å². The Labute approximate surface area is 347 Å². The number of rotatable bonds is 12. The number of aromatic nitrogens is 2. The van der Waals surface area contributed by atoms with Gasteiger partial charge in [0.15, 0.2) is 33.9 Å². The van der Waals surface area contributed by atoms with Crippen LogP contribution in [0.25, 0.3) is 22.5 Å². The van der Waals surface area contributed by atoms with Crippen LogP contribution in [0.15, 0.2) is 88.7 Å². The summed E-state index contributed by atoms with van der Waals surface area (Å²) >= 11 is 0. The van der Waals surface area contributed by atoms with E-state index in [9.17, 15) is 29.4 Å². The maximum atomic E-state index is 12.6. The number of unbranched alkanes of at least 4 members (excludes halogenated alkanes) is 2. The van der Waals surface area contributed by atoms with Crippen molar-refractivity contribution in [2.75, 3.05) is 20.8 Å². The van der Waals surface area contributed by atoms with Gasteiger partial charge >= 0.3 is 11.9 Å². The van der Waals surface area contributed by atoms with Gasteiger partial charge in [0.05, 0.1) is 32.2 Å². The lowest BCUT2D eigenvalue weighted by molar-refractivity contribution is 0.0683. The van der Waals surface area contributed by atoms with Crippen molar-refractivity contribution in [1.29, 1.82) is 0 Å². The molecule has 2 aliphatic heterocycles. The van der Waals surface area contributed by atoms with Gasteiger partial charge in [-0.1, -0.05) is 62.9 Å². The van der Waals surface area contributed by atoms with Gasteiger partial charge in [-0.2, -0.15) is 0 Å². The number of carboxylic acid groups (broad SMARTS) is 2. The summed E-state index contributed by atoms with van der Waals surface area (Å²) in [5.41, 5.74) is 4.92. The molecule has 2 fully saturated rings. The molecule has 4 heterocycles. The number of pyridine rings is 2. The van der Waals surface area contributed by atoms with Gasteiger partial charge in [-0.05, 0) is 85.9 Å². The second-order valence-corrected chi connectivity index (χ2v) is 16.4. The van der Waals surface area contributed by atoms with E-state index < -0.39 is 22.8 Å². The highest BCUT2D eigenvalue weighted by molar-refractivity contribution is 5.88. The van der Waals surface area contributed by atoms with Gasteiger partial charge in [0.1, 0.15) is 17.7 Å². The number of fused-ring (bicyclic) bond motifs is 8. The lowest BCUT2D eigenvalue weighted by Gasteiger charge is -2.40. The fourth-order valence-corrected chi connectivity index (χ4v) is 9.27. The monoisotopic (exact) mass is 814 g/mol. The predicted molar refractivity (Wildman–Crippen MR) is 226 cm³/mol. The van der Waals surface area contributed by atoms with Crippen LogP contribution < -0.4 is 29.8 Å². The highest BCUT2D eigenvalue weighted by Crippen LogP contribution is 2.54. The maximum Gasteiger partial charge on any atom is 0.341 e. The largest absolute Gasteiger partial charge is 0.493 e. The lowest BCUT2D eigenvalue weighted by atomic mass is 9.81. The average Bonchev–Trinajstić information content (AvgIpc) is 3.86. The molecule has 0 atom stereocenters. The highest BCUT2D eigenvalue weighted by atomic mass is 16.5. The Morgan fingerprint density at radius 1 is 0.650 bits per heavy atom. The number of carboxylic acids is 2. The van der Waals surface area contributed by atoms with Crippen LogP contribution in [0.1, 0.15) is 102 Å². The van der Waals surface area contributed by atoms with E-state index >= 15 is 0 Å². The van der Waals surface area contributed by atoms with E-state index in [2.05, 4.69) is 6.92 Å². The number of benzene rings is 3. The van der Waals surface area contributed by atoms with E-state index in [0.717, 1.165) is 116 Å². The summed E-state index contributed by atoms with van der Waals surface area (Å²) < 4.78 is 27.3. The van der Waals surface area contributed by atoms with Gasteiger partial charge in [-0.3, -0.25) is 9.59 Å². The van der Waals surface area contributed by atoms with E-state index in [4.69, 9.17) is 18.9 Å². The number of methoxy groups -OCH3 is 2. The van der Waals surface area contributed by atoms with Gasteiger partial charge in [0.25, 0.3) is 0 Å². The molecule has 9 rings (SSSR count). The van der Waals surface area contributed by atoms with Crippen molar-refractivity contribution in [2.24, 2.45) is 0 Å². The predicted octanol–water partition coefficient (Wildman–Crippen LogP) is 8.46. The topological polar surface area (TPSA) is 156 Å². The quantitative estimate of drug-likeness (QED) is 0.117. The van der Waals surface area contributed by atoms with Gasteiger partial charge in [-0.15, -0.1) is 0 Å². The van der Waals surface area contributed by atoms with E-state index in [1.807, 2.05) is 63.7 Å². The SMILES string of the molecule is CCCCCOc1cc2c(cc1OC)-c1cc(=O)c(C(=O)O)cn1C1(CC1)C2.COc1cc2c(cc1OCc1ccccc1)CC1(CCCC1)n1cc(C(=O)O)c(=O)cc1-2. The minimum absolute atomic E-state index is 0.131. The second-order valence-electron chi connectivity index (χ2n) is 16.4. The average molecular weight is 815 g/mol. The molecule has 0 radical (unpaired) electrons. The molecule has 5 aromatic rings. The Kier molecular flexibility index (Phi) is 11.1. The summed E-state index contributed by atoms with van der Waals surface area (Å²) in [4.78, 5) is 48.0. The molecule has 2 N–H and O–H groups in total.